The van der Waals surface area contributed by atoms with Gasteiger partial charge in [0.1, 0.15) is 12.2 Å². The van der Waals surface area contributed by atoms with Crippen LogP contribution in [0.3, 0.4) is 0 Å². The summed E-state index contributed by atoms with van der Waals surface area (Å²) in [4.78, 5) is 10.9. The molecule has 2 rings (SSSR count). The van der Waals surface area contributed by atoms with Crippen LogP contribution in [0.15, 0.2) is 42.0 Å². The number of rotatable bonds is 3. The maximum atomic E-state index is 5.47. The van der Waals surface area contributed by atoms with E-state index in [4.69, 9.17) is 9.78 Å². The van der Waals surface area contributed by atoms with Crippen LogP contribution in [0.25, 0.3) is 0 Å². The molecular weight excluding hydrogens is 200 g/mol. The average molecular weight is 218 g/mol. The Morgan fingerprint density at radius 3 is 2.50 bits per heavy atom. The van der Waals surface area contributed by atoms with Crippen molar-refractivity contribution in [3.8, 4) is 0 Å². The molecule has 0 spiro atoms. The zero-order valence-electron chi connectivity index (χ0n) is 9.85. The first-order valence-corrected chi connectivity index (χ1v) is 5.86. The van der Waals surface area contributed by atoms with Crippen molar-refractivity contribution in [2.24, 2.45) is 0 Å². The highest BCUT2D eigenvalue weighted by Gasteiger charge is 2.23. The van der Waals surface area contributed by atoms with Gasteiger partial charge in [-0.15, -0.1) is 0 Å². The molecule has 1 aromatic carbocycles. The van der Waals surface area contributed by atoms with Crippen LogP contribution in [0.1, 0.15) is 38.4 Å². The van der Waals surface area contributed by atoms with E-state index in [2.05, 4.69) is 32.1 Å². The van der Waals surface area contributed by atoms with E-state index in [-0.39, 0.29) is 12.2 Å². The maximum Gasteiger partial charge on any atom is 0.139 e. The number of hydrogen-bond acceptors (Lipinski definition) is 2. The van der Waals surface area contributed by atoms with E-state index in [9.17, 15) is 0 Å². The monoisotopic (exact) mass is 218 g/mol. The predicted octanol–water partition coefficient (Wildman–Crippen LogP) is 3.80. The molecule has 0 saturated carbocycles. The maximum absolute atomic E-state index is 5.47. The van der Waals surface area contributed by atoms with Crippen LogP contribution in [0, 0.1) is 0 Å². The summed E-state index contributed by atoms with van der Waals surface area (Å²) in [7, 11) is 0. The lowest BCUT2D eigenvalue weighted by Gasteiger charge is -2.26. The first kappa shape index (κ1) is 11.4. The normalized spacial score (nSPS) is 25.2. The highest BCUT2D eigenvalue weighted by atomic mass is 17.2. The molecule has 1 aliphatic rings. The van der Waals surface area contributed by atoms with Gasteiger partial charge in [0.2, 0.25) is 0 Å². The fraction of sp³-hybridized carbons (Fsp3) is 0.429. The summed E-state index contributed by atoms with van der Waals surface area (Å²) in [6.07, 6.45) is 4.36. The molecule has 2 heteroatoms. The van der Waals surface area contributed by atoms with E-state index < -0.39 is 0 Å². The second kappa shape index (κ2) is 5.28. The number of hydrogen-bond donors (Lipinski definition) is 0. The average Bonchev–Trinajstić information content (AvgIpc) is 2.31. The Kier molecular flexibility index (Phi) is 3.75. The molecule has 1 heterocycles. The first-order chi connectivity index (χ1) is 7.81. The molecule has 16 heavy (non-hydrogen) atoms. The van der Waals surface area contributed by atoms with Gasteiger partial charge in [0.25, 0.3) is 0 Å². The highest BCUT2D eigenvalue weighted by Crippen LogP contribution is 2.31. The van der Waals surface area contributed by atoms with Crippen molar-refractivity contribution in [3.63, 3.8) is 0 Å². The van der Waals surface area contributed by atoms with Gasteiger partial charge in [-0.25, -0.2) is 9.78 Å². The van der Waals surface area contributed by atoms with Crippen molar-refractivity contribution in [2.75, 3.05) is 0 Å². The molecule has 0 saturated heterocycles. The SMILES string of the molecule is CCCC1C=C(C)[C@H](c2ccccc2)OO1. The summed E-state index contributed by atoms with van der Waals surface area (Å²) < 4.78 is 0. The molecule has 0 aliphatic carbocycles. The molecule has 0 amide bonds. The van der Waals surface area contributed by atoms with Crippen LogP contribution in [0.4, 0.5) is 0 Å². The third-order valence-electron chi connectivity index (χ3n) is 2.81. The van der Waals surface area contributed by atoms with Crippen LogP contribution in [0.5, 0.6) is 0 Å². The summed E-state index contributed by atoms with van der Waals surface area (Å²) in [5, 5.41) is 0. The summed E-state index contributed by atoms with van der Waals surface area (Å²) >= 11 is 0. The summed E-state index contributed by atoms with van der Waals surface area (Å²) in [5.74, 6) is 0. The highest BCUT2D eigenvalue weighted by molar-refractivity contribution is 5.26. The molecule has 0 fully saturated rings. The Morgan fingerprint density at radius 2 is 1.88 bits per heavy atom. The van der Waals surface area contributed by atoms with E-state index in [0.29, 0.717) is 0 Å². The Labute approximate surface area is 96.8 Å². The third-order valence-corrected chi connectivity index (χ3v) is 2.81. The van der Waals surface area contributed by atoms with E-state index in [1.165, 1.54) is 5.57 Å². The van der Waals surface area contributed by atoms with Gasteiger partial charge in [0.15, 0.2) is 0 Å². The first-order valence-electron chi connectivity index (χ1n) is 5.86. The topological polar surface area (TPSA) is 18.5 Å². The molecule has 1 aromatic rings. The van der Waals surface area contributed by atoms with E-state index >= 15 is 0 Å². The fourth-order valence-electron chi connectivity index (χ4n) is 1.97. The molecule has 1 aliphatic heterocycles. The minimum Gasteiger partial charge on any atom is -0.228 e. The van der Waals surface area contributed by atoms with Crippen molar-refractivity contribution in [1.29, 1.82) is 0 Å². The van der Waals surface area contributed by atoms with Gasteiger partial charge >= 0.3 is 0 Å². The van der Waals surface area contributed by atoms with Crippen LogP contribution in [0.2, 0.25) is 0 Å². The van der Waals surface area contributed by atoms with Gasteiger partial charge in [-0.3, -0.25) is 0 Å². The lowest BCUT2D eigenvalue weighted by Crippen LogP contribution is -2.20. The lowest BCUT2D eigenvalue weighted by atomic mass is 10.00. The van der Waals surface area contributed by atoms with Crippen molar-refractivity contribution in [3.05, 3.63) is 47.5 Å². The van der Waals surface area contributed by atoms with Gasteiger partial charge in [0, 0.05) is 0 Å². The third kappa shape index (κ3) is 2.52. The van der Waals surface area contributed by atoms with Gasteiger partial charge in [0.05, 0.1) is 0 Å². The van der Waals surface area contributed by atoms with E-state index in [1.54, 1.807) is 0 Å². The molecule has 0 aromatic heterocycles. The standard InChI is InChI=1S/C14H18O2/c1-3-7-13-10-11(2)14(16-15-13)12-8-5-4-6-9-12/h4-6,8-10,13-14H,3,7H2,1-2H3/t13?,14-/m1/s1. The smallest absolute Gasteiger partial charge is 0.139 e. The van der Waals surface area contributed by atoms with Gasteiger partial charge in [-0.1, -0.05) is 49.8 Å². The largest absolute Gasteiger partial charge is 0.228 e. The number of benzene rings is 1. The van der Waals surface area contributed by atoms with Gasteiger partial charge in [-0.05, 0) is 24.5 Å². The molecule has 86 valence electrons. The predicted molar refractivity (Wildman–Crippen MR) is 63.8 cm³/mol. The summed E-state index contributed by atoms with van der Waals surface area (Å²) in [6.45, 7) is 4.25. The van der Waals surface area contributed by atoms with Gasteiger partial charge in [-0.2, -0.15) is 0 Å². The van der Waals surface area contributed by atoms with Gasteiger partial charge < -0.3 is 0 Å². The quantitative estimate of drug-likeness (QED) is 0.567. The second-order valence-corrected chi connectivity index (χ2v) is 4.22. The summed E-state index contributed by atoms with van der Waals surface area (Å²) in [6, 6.07) is 10.2. The van der Waals surface area contributed by atoms with Crippen molar-refractivity contribution in [2.45, 2.75) is 38.9 Å². The fourth-order valence-corrected chi connectivity index (χ4v) is 1.97. The van der Waals surface area contributed by atoms with E-state index in [1.807, 2.05) is 18.2 Å². The van der Waals surface area contributed by atoms with E-state index in [0.717, 1.165) is 18.4 Å². The molecule has 0 radical (unpaired) electrons. The summed E-state index contributed by atoms with van der Waals surface area (Å²) in [5.41, 5.74) is 2.38. The van der Waals surface area contributed by atoms with Crippen molar-refractivity contribution >= 4 is 0 Å². The minimum absolute atomic E-state index is 0.0469. The zero-order valence-corrected chi connectivity index (χ0v) is 9.85. The molecule has 1 unspecified atom stereocenters. The molecule has 0 bridgehead atoms. The second-order valence-electron chi connectivity index (χ2n) is 4.22. The molecule has 2 nitrogen and oxygen atoms in total. The van der Waals surface area contributed by atoms with Crippen LogP contribution in [-0.2, 0) is 9.78 Å². The van der Waals surface area contributed by atoms with Crippen LogP contribution in [-0.4, -0.2) is 6.10 Å². The van der Waals surface area contributed by atoms with Crippen molar-refractivity contribution in [1.82, 2.24) is 0 Å². The molecular formula is C14H18O2. The van der Waals surface area contributed by atoms with Crippen LogP contribution >= 0.6 is 0 Å². The zero-order chi connectivity index (χ0) is 11.4. The molecule has 0 N–H and O–H groups in total. The lowest BCUT2D eigenvalue weighted by molar-refractivity contribution is -0.346. The Bertz CT molecular complexity index is 356. The molecule has 2 atom stereocenters. The Morgan fingerprint density at radius 1 is 1.12 bits per heavy atom. The Balaban J connectivity index is 2.12. The Hall–Kier alpha value is -1.12. The van der Waals surface area contributed by atoms with Crippen molar-refractivity contribution < 1.29 is 9.78 Å². The minimum atomic E-state index is -0.0469. The van der Waals surface area contributed by atoms with Crippen LogP contribution < -0.4 is 0 Å².